The number of ether oxygens (including phenoxy) is 1. The number of likely N-dealkylation sites (tertiary alicyclic amines) is 1. The number of alkyl halides is 1. The van der Waals surface area contributed by atoms with Crippen LogP contribution in [0.3, 0.4) is 0 Å². The van der Waals surface area contributed by atoms with Crippen molar-refractivity contribution in [3.63, 3.8) is 0 Å². The second kappa shape index (κ2) is 4.67. The molecular formula is C8H14ClNO2. The highest BCUT2D eigenvalue weighted by molar-refractivity contribution is 6.27. The number of nitrogens with zero attached hydrogens (tertiary/aromatic N) is 1. The van der Waals surface area contributed by atoms with Crippen LogP contribution in [0.1, 0.15) is 12.8 Å². The van der Waals surface area contributed by atoms with Gasteiger partial charge >= 0.3 is 0 Å². The van der Waals surface area contributed by atoms with Crippen molar-refractivity contribution in [3.8, 4) is 0 Å². The van der Waals surface area contributed by atoms with Gasteiger partial charge in [0.2, 0.25) is 5.91 Å². The molecule has 0 aromatic carbocycles. The van der Waals surface area contributed by atoms with Crippen LogP contribution in [0.25, 0.3) is 0 Å². The van der Waals surface area contributed by atoms with Crippen LogP contribution >= 0.6 is 11.6 Å². The third-order valence-corrected chi connectivity index (χ3v) is 2.40. The summed E-state index contributed by atoms with van der Waals surface area (Å²) < 4.78 is 5.01. The molecule has 0 spiro atoms. The summed E-state index contributed by atoms with van der Waals surface area (Å²) in [6, 6.07) is 0.251. The number of rotatable bonds is 3. The first-order chi connectivity index (χ1) is 5.79. The van der Waals surface area contributed by atoms with E-state index in [1.165, 1.54) is 0 Å². The Morgan fingerprint density at radius 3 is 3.08 bits per heavy atom. The van der Waals surface area contributed by atoms with Crippen LogP contribution in [0, 0.1) is 0 Å². The Bertz CT molecular complexity index is 163. The SMILES string of the molecule is COC[C@@H]1CCCN1C(=O)CCl. The highest BCUT2D eigenvalue weighted by atomic mass is 35.5. The van der Waals surface area contributed by atoms with Crippen molar-refractivity contribution in [2.75, 3.05) is 26.1 Å². The van der Waals surface area contributed by atoms with Crippen LogP contribution in [-0.2, 0) is 9.53 Å². The van der Waals surface area contributed by atoms with Gasteiger partial charge in [0.15, 0.2) is 0 Å². The molecule has 0 radical (unpaired) electrons. The van der Waals surface area contributed by atoms with E-state index in [0.717, 1.165) is 19.4 Å². The average molecular weight is 192 g/mol. The van der Waals surface area contributed by atoms with E-state index >= 15 is 0 Å². The van der Waals surface area contributed by atoms with E-state index in [2.05, 4.69) is 0 Å². The Kier molecular flexibility index (Phi) is 3.82. The topological polar surface area (TPSA) is 29.5 Å². The van der Waals surface area contributed by atoms with Crippen LogP contribution in [0.2, 0.25) is 0 Å². The molecule has 1 heterocycles. The van der Waals surface area contributed by atoms with E-state index in [0.29, 0.717) is 6.61 Å². The molecule has 1 atom stereocenters. The fourth-order valence-corrected chi connectivity index (χ4v) is 1.76. The van der Waals surface area contributed by atoms with E-state index in [1.807, 2.05) is 4.90 Å². The number of amides is 1. The zero-order valence-corrected chi connectivity index (χ0v) is 8.01. The Labute approximate surface area is 77.6 Å². The van der Waals surface area contributed by atoms with Crippen molar-refractivity contribution in [1.29, 1.82) is 0 Å². The summed E-state index contributed by atoms with van der Waals surface area (Å²) in [5.41, 5.74) is 0. The van der Waals surface area contributed by atoms with Crippen molar-refractivity contribution >= 4 is 17.5 Å². The first-order valence-electron chi connectivity index (χ1n) is 4.14. The van der Waals surface area contributed by atoms with Crippen molar-refractivity contribution in [3.05, 3.63) is 0 Å². The molecule has 1 rings (SSSR count). The second-order valence-corrected chi connectivity index (χ2v) is 3.24. The summed E-state index contributed by atoms with van der Waals surface area (Å²) in [5.74, 6) is 0.108. The molecule has 1 aliphatic heterocycles. The monoisotopic (exact) mass is 191 g/mol. The van der Waals surface area contributed by atoms with E-state index in [4.69, 9.17) is 16.3 Å². The molecule has 0 N–H and O–H groups in total. The predicted octanol–water partition coefficient (Wildman–Crippen LogP) is 0.863. The molecule has 12 heavy (non-hydrogen) atoms. The zero-order valence-electron chi connectivity index (χ0n) is 7.25. The van der Waals surface area contributed by atoms with Crippen molar-refractivity contribution in [2.45, 2.75) is 18.9 Å². The van der Waals surface area contributed by atoms with Gasteiger partial charge < -0.3 is 9.64 Å². The molecule has 70 valence electrons. The van der Waals surface area contributed by atoms with E-state index in [1.54, 1.807) is 7.11 Å². The third-order valence-electron chi connectivity index (χ3n) is 2.17. The smallest absolute Gasteiger partial charge is 0.237 e. The van der Waals surface area contributed by atoms with Crippen molar-refractivity contribution in [1.82, 2.24) is 4.90 Å². The highest BCUT2D eigenvalue weighted by Crippen LogP contribution is 2.17. The number of hydrogen-bond donors (Lipinski definition) is 0. The lowest BCUT2D eigenvalue weighted by atomic mass is 10.2. The summed E-state index contributed by atoms with van der Waals surface area (Å²) in [7, 11) is 1.65. The third kappa shape index (κ3) is 2.11. The van der Waals surface area contributed by atoms with Gasteiger partial charge in [-0.25, -0.2) is 0 Å². The normalized spacial score (nSPS) is 23.2. The molecule has 0 aromatic rings. The molecule has 1 saturated heterocycles. The van der Waals surface area contributed by atoms with Crippen LogP contribution in [0.4, 0.5) is 0 Å². The Morgan fingerprint density at radius 2 is 2.50 bits per heavy atom. The highest BCUT2D eigenvalue weighted by Gasteiger charge is 2.27. The Hall–Kier alpha value is -0.280. The first-order valence-corrected chi connectivity index (χ1v) is 4.67. The van der Waals surface area contributed by atoms with E-state index < -0.39 is 0 Å². The van der Waals surface area contributed by atoms with Crippen LogP contribution in [0.15, 0.2) is 0 Å². The summed E-state index contributed by atoms with van der Waals surface area (Å²) in [6.45, 7) is 1.46. The summed E-state index contributed by atoms with van der Waals surface area (Å²) in [5, 5.41) is 0. The molecule has 0 aromatic heterocycles. The summed E-state index contributed by atoms with van der Waals surface area (Å²) in [4.78, 5) is 13.1. The van der Waals surface area contributed by atoms with Crippen LogP contribution in [0.5, 0.6) is 0 Å². The van der Waals surface area contributed by atoms with E-state index in [9.17, 15) is 4.79 Å². The molecule has 1 aliphatic rings. The standard InChI is InChI=1S/C8H14ClNO2/c1-12-6-7-3-2-4-10(7)8(11)5-9/h7H,2-6H2,1H3/t7-/m0/s1. The Morgan fingerprint density at radius 1 is 1.75 bits per heavy atom. The van der Waals surface area contributed by atoms with Crippen molar-refractivity contribution < 1.29 is 9.53 Å². The summed E-state index contributed by atoms with van der Waals surface area (Å²) >= 11 is 5.47. The van der Waals surface area contributed by atoms with E-state index in [-0.39, 0.29) is 17.8 Å². The van der Waals surface area contributed by atoms with Crippen LogP contribution in [-0.4, -0.2) is 43.0 Å². The minimum absolute atomic E-state index is 0.0243. The van der Waals surface area contributed by atoms with Gasteiger partial charge in [-0.1, -0.05) is 0 Å². The molecule has 1 fully saturated rings. The fraction of sp³-hybridized carbons (Fsp3) is 0.875. The quantitative estimate of drug-likeness (QED) is 0.620. The van der Waals surface area contributed by atoms with Gasteiger partial charge in [-0.3, -0.25) is 4.79 Å². The molecule has 0 unspecified atom stereocenters. The number of methoxy groups -OCH3 is 1. The zero-order chi connectivity index (χ0) is 8.97. The number of halogens is 1. The first kappa shape index (κ1) is 9.81. The largest absolute Gasteiger partial charge is 0.383 e. The van der Waals surface area contributed by atoms with Gasteiger partial charge in [0.05, 0.1) is 12.6 Å². The van der Waals surface area contributed by atoms with Gasteiger partial charge in [0.25, 0.3) is 0 Å². The lowest BCUT2D eigenvalue weighted by Gasteiger charge is -2.22. The maximum atomic E-state index is 11.2. The maximum Gasteiger partial charge on any atom is 0.237 e. The van der Waals surface area contributed by atoms with Crippen molar-refractivity contribution in [2.24, 2.45) is 0 Å². The molecule has 0 saturated carbocycles. The van der Waals surface area contributed by atoms with Crippen LogP contribution < -0.4 is 0 Å². The Balaban J connectivity index is 2.45. The van der Waals surface area contributed by atoms with Gasteiger partial charge in [-0.2, -0.15) is 0 Å². The maximum absolute atomic E-state index is 11.2. The van der Waals surface area contributed by atoms with Gasteiger partial charge in [-0.05, 0) is 12.8 Å². The van der Waals surface area contributed by atoms with Gasteiger partial charge in [0.1, 0.15) is 5.88 Å². The second-order valence-electron chi connectivity index (χ2n) is 2.97. The number of carbonyl (C=O) groups is 1. The molecule has 4 heteroatoms. The lowest BCUT2D eigenvalue weighted by molar-refractivity contribution is -0.130. The molecule has 0 aliphatic carbocycles. The predicted molar refractivity (Wildman–Crippen MR) is 47.3 cm³/mol. The minimum Gasteiger partial charge on any atom is -0.383 e. The molecule has 3 nitrogen and oxygen atoms in total. The minimum atomic E-state index is 0.0243. The number of carbonyl (C=O) groups excluding carboxylic acids is 1. The molecular weight excluding hydrogens is 178 g/mol. The number of hydrogen-bond acceptors (Lipinski definition) is 2. The van der Waals surface area contributed by atoms with Gasteiger partial charge in [0, 0.05) is 13.7 Å². The van der Waals surface area contributed by atoms with Gasteiger partial charge in [-0.15, -0.1) is 11.6 Å². The summed E-state index contributed by atoms with van der Waals surface area (Å²) in [6.07, 6.45) is 2.10. The average Bonchev–Trinajstić information content (AvgIpc) is 2.52. The fourth-order valence-electron chi connectivity index (χ4n) is 1.61. The lowest BCUT2D eigenvalue weighted by Crippen LogP contribution is -2.38. The molecule has 0 bridgehead atoms. The molecule has 1 amide bonds.